The van der Waals surface area contributed by atoms with Gasteiger partial charge in [0.2, 0.25) is 5.91 Å². The molecule has 27 heavy (non-hydrogen) atoms. The van der Waals surface area contributed by atoms with Crippen LogP contribution >= 0.6 is 23.2 Å². The molecule has 1 rings (SSSR count). The maximum absolute atomic E-state index is 12.0. The largest absolute Gasteiger partial charge is 0.444 e. The van der Waals surface area contributed by atoms with Gasteiger partial charge in [-0.3, -0.25) is 9.59 Å². The number of halogens is 2. The van der Waals surface area contributed by atoms with Crippen molar-refractivity contribution in [1.82, 2.24) is 16.0 Å². The van der Waals surface area contributed by atoms with Crippen molar-refractivity contribution in [1.29, 1.82) is 0 Å². The average molecular weight is 418 g/mol. The fourth-order valence-corrected chi connectivity index (χ4v) is 2.34. The second kappa shape index (κ2) is 11.0. The Bertz CT molecular complexity index is 675. The third-order valence-electron chi connectivity index (χ3n) is 3.15. The summed E-state index contributed by atoms with van der Waals surface area (Å²) in [5.41, 5.74) is -0.270. The van der Waals surface area contributed by atoms with Gasteiger partial charge in [0.05, 0.1) is 10.6 Å². The van der Waals surface area contributed by atoms with Gasteiger partial charge in [0.1, 0.15) is 5.60 Å². The predicted molar refractivity (Wildman–Crippen MR) is 105 cm³/mol. The number of nitrogens with one attached hydrogen (secondary N) is 3. The van der Waals surface area contributed by atoms with E-state index in [0.29, 0.717) is 35.1 Å². The van der Waals surface area contributed by atoms with Crippen LogP contribution in [0.3, 0.4) is 0 Å². The number of amides is 3. The van der Waals surface area contributed by atoms with E-state index in [2.05, 4.69) is 16.0 Å². The number of rotatable bonds is 8. The van der Waals surface area contributed by atoms with Crippen molar-refractivity contribution in [3.8, 4) is 0 Å². The third kappa shape index (κ3) is 10.1. The number of hydrogen-bond donors (Lipinski definition) is 3. The Kier molecular flexibility index (Phi) is 9.38. The number of carbonyl (C=O) groups is 3. The van der Waals surface area contributed by atoms with Crippen molar-refractivity contribution >= 4 is 41.1 Å². The van der Waals surface area contributed by atoms with Crippen molar-refractivity contribution in [2.24, 2.45) is 0 Å². The van der Waals surface area contributed by atoms with Gasteiger partial charge in [-0.05, 0) is 45.4 Å². The maximum atomic E-state index is 12.0. The number of benzene rings is 1. The fraction of sp³-hybridized carbons (Fsp3) is 0.500. The first-order valence-electron chi connectivity index (χ1n) is 8.55. The zero-order valence-corrected chi connectivity index (χ0v) is 17.2. The summed E-state index contributed by atoms with van der Waals surface area (Å²) in [5.74, 6) is -0.523. The van der Waals surface area contributed by atoms with Crippen LogP contribution in [-0.4, -0.2) is 43.1 Å². The Morgan fingerprint density at radius 3 is 2.33 bits per heavy atom. The summed E-state index contributed by atoms with van der Waals surface area (Å²) in [6.07, 6.45) is 0.136. The maximum Gasteiger partial charge on any atom is 0.407 e. The predicted octanol–water partition coefficient (Wildman–Crippen LogP) is 3.14. The van der Waals surface area contributed by atoms with Crippen molar-refractivity contribution in [2.75, 3.05) is 19.6 Å². The van der Waals surface area contributed by atoms with Crippen LogP contribution in [0.2, 0.25) is 10.0 Å². The van der Waals surface area contributed by atoms with E-state index in [4.69, 9.17) is 27.9 Å². The molecule has 0 unspecified atom stereocenters. The SMILES string of the molecule is CC(C)(C)OC(=O)NCCC(=O)NCCCNC(=O)c1cc(Cl)ccc1Cl. The highest BCUT2D eigenvalue weighted by atomic mass is 35.5. The summed E-state index contributed by atoms with van der Waals surface area (Å²) in [6.45, 7) is 6.24. The number of ether oxygens (including phenoxy) is 1. The quantitative estimate of drug-likeness (QED) is 0.565. The van der Waals surface area contributed by atoms with Gasteiger partial charge in [-0.1, -0.05) is 23.2 Å². The van der Waals surface area contributed by atoms with E-state index in [9.17, 15) is 14.4 Å². The zero-order chi connectivity index (χ0) is 20.4. The summed E-state index contributed by atoms with van der Waals surface area (Å²) in [4.78, 5) is 35.2. The molecule has 0 aliphatic rings. The lowest BCUT2D eigenvalue weighted by Gasteiger charge is -2.19. The molecule has 3 amide bonds. The highest BCUT2D eigenvalue weighted by Crippen LogP contribution is 2.20. The fourth-order valence-electron chi connectivity index (χ4n) is 1.97. The van der Waals surface area contributed by atoms with Crippen LogP contribution in [0.15, 0.2) is 18.2 Å². The molecule has 0 atom stereocenters. The summed E-state index contributed by atoms with van der Waals surface area (Å²) >= 11 is 11.8. The molecular formula is C18H25Cl2N3O4. The van der Waals surface area contributed by atoms with Crippen molar-refractivity contribution in [3.63, 3.8) is 0 Å². The lowest BCUT2D eigenvalue weighted by molar-refractivity contribution is -0.120. The molecule has 0 radical (unpaired) electrons. The monoisotopic (exact) mass is 417 g/mol. The zero-order valence-electron chi connectivity index (χ0n) is 15.7. The molecule has 9 heteroatoms. The summed E-state index contributed by atoms with van der Waals surface area (Å²) < 4.78 is 5.07. The first-order valence-corrected chi connectivity index (χ1v) is 9.31. The molecule has 0 saturated carbocycles. The number of carbonyl (C=O) groups excluding carboxylic acids is 3. The topological polar surface area (TPSA) is 96.5 Å². The van der Waals surface area contributed by atoms with Gasteiger partial charge in [0.15, 0.2) is 0 Å². The van der Waals surface area contributed by atoms with Gasteiger partial charge in [0, 0.05) is 31.1 Å². The van der Waals surface area contributed by atoms with Crippen LogP contribution in [0.1, 0.15) is 44.0 Å². The minimum Gasteiger partial charge on any atom is -0.444 e. The van der Waals surface area contributed by atoms with Gasteiger partial charge in [-0.25, -0.2) is 4.79 Å². The molecule has 0 heterocycles. The molecule has 7 nitrogen and oxygen atoms in total. The van der Waals surface area contributed by atoms with Crippen LogP contribution in [0.5, 0.6) is 0 Å². The molecule has 0 spiro atoms. The third-order valence-corrected chi connectivity index (χ3v) is 3.72. The van der Waals surface area contributed by atoms with Crippen LogP contribution in [0.25, 0.3) is 0 Å². The summed E-state index contributed by atoms with van der Waals surface area (Å²) in [7, 11) is 0. The van der Waals surface area contributed by atoms with Gasteiger partial charge >= 0.3 is 6.09 Å². The molecule has 3 N–H and O–H groups in total. The normalized spacial score (nSPS) is 10.9. The highest BCUT2D eigenvalue weighted by Gasteiger charge is 2.15. The van der Waals surface area contributed by atoms with E-state index in [1.165, 1.54) is 6.07 Å². The molecule has 0 aliphatic heterocycles. The number of alkyl carbamates (subject to hydrolysis) is 1. The molecule has 0 fully saturated rings. The molecule has 150 valence electrons. The molecule has 0 bridgehead atoms. The van der Waals surface area contributed by atoms with E-state index in [1.54, 1.807) is 32.9 Å². The van der Waals surface area contributed by atoms with Crippen LogP contribution in [0, 0.1) is 0 Å². The van der Waals surface area contributed by atoms with Gasteiger partial charge in [-0.15, -0.1) is 0 Å². The van der Waals surface area contributed by atoms with E-state index in [-0.39, 0.29) is 24.8 Å². The molecule has 1 aromatic rings. The first-order chi connectivity index (χ1) is 12.6. The molecule has 0 aliphatic carbocycles. The molecule has 1 aromatic carbocycles. The Hall–Kier alpha value is -1.99. The van der Waals surface area contributed by atoms with Gasteiger partial charge in [0.25, 0.3) is 5.91 Å². The van der Waals surface area contributed by atoms with E-state index < -0.39 is 11.7 Å². The molecule has 0 aromatic heterocycles. The smallest absolute Gasteiger partial charge is 0.407 e. The van der Waals surface area contributed by atoms with E-state index >= 15 is 0 Å². The summed E-state index contributed by atoms with van der Waals surface area (Å²) in [5, 5.41) is 8.68. The van der Waals surface area contributed by atoms with Crippen molar-refractivity contribution in [2.45, 2.75) is 39.2 Å². The van der Waals surface area contributed by atoms with Gasteiger partial charge < -0.3 is 20.7 Å². The Morgan fingerprint density at radius 1 is 1.00 bits per heavy atom. The second-order valence-corrected chi connectivity index (χ2v) is 7.61. The van der Waals surface area contributed by atoms with Crippen LogP contribution < -0.4 is 16.0 Å². The Morgan fingerprint density at radius 2 is 1.67 bits per heavy atom. The Balaban J connectivity index is 2.15. The van der Waals surface area contributed by atoms with Crippen molar-refractivity contribution in [3.05, 3.63) is 33.8 Å². The Labute approximate surface area is 169 Å². The average Bonchev–Trinajstić information content (AvgIpc) is 2.54. The lowest BCUT2D eigenvalue weighted by atomic mass is 10.2. The standard InChI is InChI=1S/C18H25Cl2N3O4/c1-18(2,3)27-17(26)23-10-7-15(24)21-8-4-9-22-16(25)13-11-12(19)5-6-14(13)20/h5-6,11H,4,7-10H2,1-3H3,(H,21,24)(H,22,25)(H,23,26). The first kappa shape index (κ1) is 23.0. The molecule has 0 saturated heterocycles. The van der Waals surface area contributed by atoms with E-state index in [1.807, 2.05) is 0 Å². The van der Waals surface area contributed by atoms with Crippen molar-refractivity contribution < 1.29 is 19.1 Å². The minimum absolute atomic E-state index is 0.143. The van der Waals surface area contributed by atoms with E-state index in [0.717, 1.165) is 0 Å². The minimum atomic E-state index is -0.577. The van der Waals surface area contributed by atoms with Crippen LogP contribution in [0.4, 0.5) is 4.79 Å². The van der Waals surface area contributed by atoms with Crippen LogP contribution in [-0.2, 0) is 9.53 Å². The molecular weight excluding hydrogens is 393 g/mol. The second-order valence-electron chi connectivity index (χ2n) is 6.76. The summed E-state index contributed by atoms with van der Waals surface area (Å²) in [6, 6.07) is 4.66. The lowest BCUT2D eigenvalue weighted by Crippen LogP contribution is -2.35. The highest BCUT2D eigenvalue weighted by molar-refractivity contribution is 6.35. The van der Waals surface area contributed by atoms with Gasteiger partial charge in [-0.2, -0.15) is 0 Å². The number of hydrogen-bond acceptors (Lipinski definition) is 4.